The molecule has 2 nitrogen and oxygen atoms in total. The quantitative estimate of drug-likeness (QED) is 0.782. The second-order valence-electron chi connectivity index (χ2n) is 4.75. The molecule has 0 saturated heterocycles. The van der Waals surface area contributed by atoms with E-state index in [1.54, 1.807) is 0 Å². The van der Waals surface area contributed by atoms with E-state index < -0.39 is 0 Å². The van der Waals surface area contributed by atoms with Gasteiger partial charge in [-0.25, -0.2) is 0 Å². The zero-order chi connectivity index (χ0) is 14.5. The zero-order valence-electron chi connectivity index (χ0n) is 11.7. The van der Waals surface area contributed by atoms with Crippen LogP contribution in [0.15, 0.2) is 45.5 Å². The first-order valence-corrected chi connectivity index (χ1v) is 8.29. The summed E-state index contributed by atoms with van der Waals surface area (Å²) in [7, 11) is 0. The van der Waals surface area contributed by atoms with Crippen LogP contribution in [0.1, 0.15) is 29.8 Å². The lowest BCUT2D eigenvalue weighted by Gasteiger charge is -2.20. The van der Waals surface area contributed by atoms with E-state index in [2.05, 4.69) is 74.2 Å². The van der Waals surface area contributed by atoms with Gasteiger partial charge in [-0.1, -0.05) is 44.8 Å². The molecule has 1 aromatic carbocycles. The molecule has 20 heavy (non-hydrogen) atoms. The molecule has 0 radical (unpaired) electrons. The third-order valence-corrected chi connectivity index (χ3v) is 4.51. The number of nitrogens with zero attached hydrogens (tertiary/aromatic N) is 1. The lowest BCUT2D eigenvalue weighted by Crippen LogP contribution is -2.24. The van der Waals surface area contributed by atoms with Crippen LogP contribution in [0, 0.1) is 6.92 Å². The smallest absolute Gasteiger partial charge is 0.0451 e. The van der Waals surface area contributed by atoms with Crippen molar-refractivity contribution in [2.45, 2.75) is 26.3 Å². The minimum absolute atomic E-state index is 0.250. The Balaban J connectivity index is 2.32. The SMILES string of the molecule is CCNC(Cc1ncccc1C)c1cc(Br)ccc1Br. The summed E-state index contributed by atoms with van der Waals surface area (Å²) in [4.78, 5) is 4.51. The predicted molar refractivity (Wildman–Crippen MR) is 90.9 cm³/mol. The van der Waals surface area contributed by atoms with Crippen molar-refractivity contribution in [3.8, 4) is 0 Å². The Morgan fingerprint density at radius 2 is 2.05 bits per heavy atom. The fourth-order valence-corrected chi connectivity index (χ4v) is 3.15. The summed E-state index contributed by atoms with van der Waals surface area (Å²) in [5, 5.41) is 3.55. The maximum Gasteiger partial charge on any atom is 0.0451 e. The lowest BCUT2D eigenvalue weighted by molar-refractivity contribution is 0.540. The van der Waals surface area contributed by atoms with Crippen molar-refractivity contribution in [1.29, 1.82) is 0 Å². The van der Waals surface area contributed by atoms with Gasteiger partial charge < -0.3 is 5.32 Å². The average Bonchev–Trinajstić information content (AvgIpc) is 2.43. The van der Waals surface area contributed by atoms with Crippen molar-refractivity contribution in [3.63, 3.8) is 0 Å². The number of aromatic nitrogens is 1. The molecular weight excluding hydrogens is 380 g/mol. The van der Waals surface area contributed by atoms with Crippen molar-refractivity contribution >= 4 is 31.9 Å². The van der Waals surface area contributed by atoms with E-state index >= 15 is 0 Å². The molecule has 0 bridgehead atoms. The Labute approximate surface area is 137 Å². The molecule has 1 N–H and O–H groups in total. The second-order valence-corrected chi connectivity index (χ2v) is 6.52. The second kappa shape index (κ2) is 7.34. The van der Waals surface area contributed by atoms with Crippen LogP contribution >= 0.6 is 31.9 Å². The maximum absolute atomic E-state index is 4.51. The largest absolute Gasteiger partial charge is 0.310 e. The van der Waals surface area contributed by atoms with Crippen LogP contribution in [-0.4, -0.2) is 11.5 Å². The maximum atomic E-state index is 4.51. The van der Waals surface area contributed by atoms with E-state index in [0.29, 0.717) is 0 Å². The normalized spacial score (nSPS) is 12.4. The fraction of sp³-hybridized carbons (Fsp3) is 0.312. The Morgan fingerprint density at radius 1 is 1.25 bits per heavy atom. The van der Waals surface area contributed by atoms with Gasteiger partial charge in [-0.2, -0.15) is 0 Å². The van der Waals surface area contributed by atoms with Crippen molar-refractivity contribution in [1.82, 2.24) is 10.3 Å². The molecule has 0 spiro atoms. The molecule has 2 aromatic rings. The first kappa shape index (κ1) is 15.7. The standard InChI is InChI=1S/C16H18Br2N2/c1-3-19-16(10-15-11(2)5-4-8-20-15)13-9-12(17)6-7-14(13)18/h4-9,16,19H,3,10H2,1-2H3. The van der Waals surface area contributed by atoms with Crippen LogP contribution in [0.5, 0.6) is 0 Å². The zero-order valence-corrected chi connectivity index (χ0v) is 14.8. The van der Waals surface area contributed by atoms with Crippen LogP contribution in [0.2, 0.25) is 0 Å². The Morgan fingerprint density at radius 3 is 2.75 bits per heavy atom. The lowest BCUT2D eigenvalue weighted by atomic mass is 9.99. The van der Waals surface area contributed by atoms with E-state index in [4.69, 9.17) is 0 Å². The van der Waals surface area contributed by atoms with Crippen LogP contribution in [0.4, 0.5) is 0 Å². The van der Waals surface area contributed by atoms with Crippen LogP contribution in [0.25, 0.3) is 0 Å². The van der Waals surface area contributed by atoms with Crippen LogP contribution < -0.4 is 5.32 Å². The number of rotatable bonds is 5. The molecule has 0 amide bonds. The first-order chi connectivity index (χ1) is 9.61. The summed E-state index contributed by atoms with van der Waals surface area (Å²) in [6.45, 7) is 5.17. The molecule has 1 atom stereocenters. The third kappa shape index (κ3) is 3.90. The van der Waals surface area contributed by atoms with Crippen molar-refractivity contribution in [2.75, 3.05) is 6.54 Å². The van der Waals surface area contributed by atoms with Gasteiger partial charge in [0.2, 0.25) is 0 Å². The van der Waals surface area contributed by atoms with E-state index in [-0.39, 0.29) is 6.04 Å². The van der Waals surface area contributed by atoms with Crippen molar-refractivity contribution in [3.05, 3.63) is 62.3 Å². The molecule has 0 aliphatic carbocycles. The molecule has 0 aliphatic rings. The predicted octanol–water partition coefficient (Wildman–Crippen LogP) is 4.81. The van der Waals surface area contributed by atoms with E-state index in [0.717, 1.165) is 27.6 Å². The summed E-state index contributed by atoms with van der Waals surface area (Å²) >= 11 is 7.20. The van der Waals surface area contributed by atoms with Crippen LogP contribution in [-0.2, 0) is 6.42 Å². The highest BCUT2D eigenvalue weighted by Crippen LogP contribution is 2.29. The van der Waals surface area contributed by atoms with E-state index in [9.17, 15) is 0 Å². The van der Waals surface area contributed by atoms with Gasteiger partial charge in [0.25, 0.3) is 0 Å². The number of likely N-dealkylation sites (N-methyl/N-ethyl adjacent to an activating group) is 1. The molecule has 0 saturated carbocycles. The van der Waals surface area contributed by atoms with Crippen LogP contribution in [0.3, 0.4) is 0 Å². The first-order valence-electron chi connectivity index (χ1n) is 6.70. The number of hydrogen-bond donors (Lipinski definition) is 1. The molecule has 106 valence electrons. The van der Waals surface area contributed by atoms with Crippen molar-refractivity contribution < 1.29 is 0 Å². The van der Waals surface area contributed by atoms with Gasteiger partial charge in [-0.3, -0.25) is 4.98 Å². The molecule has 2 rings (SSSR count). The van der Waals surface area contributed by atoms with E-state index in [1.165, 1.54) is 11.1 Å². The summed E-state index contributed by atoms with van der Waals surface area (Å²) in [5.41, 5.74) is 3.64. The Bertz CT molecular complexity index is 584. The van der Waals surface area contributed by atoms with Crippen molar-refractivity contribution in [2.24, 2.45) is 0 Å². The number of aryl methyl sites for hydroxylation is 1. The molecule has 1 aromatic heterocycles. The number of nitrogens with one attached hydrogen (secondary N) is 1. The van der Waals surface area contributed by atoms with Gasteiger partial charge in [0, 0.05) is 33.3 Å². The van der Waals surface area contributed by atoms with Gasteiger partial charge in [0.15, 0.2) is 0 Å². The molecular formula is C16H18Br2N2. The number of hydrogen-bond acceptors (Lipinski definition) is 2. The molecule has 0 fully saturated rings. The summed E-state index contributed by atoms with van der Waals surface area (Å²) in [5.74, 6) is 0. The number of benzene rings is 1. The molecule has 1 heterocycles. The van der Waals surface area contributed by atoms with Gasteiger partial charge >= 0.3 is 0 Å². The Kier molecular flexibility index (Phi) is 5.75. The highest BCUT2D eigenvalue weighted by Gasteiger charge is 2.16. The molecule has 4 heteroatoms. The highest BCUT2D eigenvalue weighted by molar-refractivity contribution is 9.11. The fourth-order valence-electron chi connectivity index (χ4n) is 2.25. The number of pyridine rings is 1. The summed E-state index contributed by atoms with van der Waals surface area (Å²) < 4.78 is 2.22. The van der Waals surface area contributed by atoms with Gasteiger partial charge in [-0.05, 0) is 48.9 Å². The topological polar surface area (TPSA) is 24.9 Å². The third-order valence-electron chi connectivity index (χ3n) is 3.30. The minimum Gasteiger partial charge on any atom is -0.310 e. The van der Waals surface area contributed by atoms with Gasteiger partial charge in [0.05, 0.1) is 0 Å². The highest BCUT2D eigenvalue weighted by atomic mass is 79.9. The van der Waals surface area contributed by atoms with E-state index in [1.807, 2.05) is 18.3 Å². The van der Waals surface area contributed by atoms with Gasteiger partial charge in [0.1, 0.15) is 0 Å². The summed E-state index contributed by atoms with van der Waals surface area (Å²) in [6.07, 6.45) is 2.75. The molecule has 0 aliphatic heterocycles. The van der Waals surface area contributed by atoms with Gasteiger partial charge in [-0.15, -0.1) is 0 Å². The average molecular weight is 398 g/mol. The monoisotopic (exact) mass is 396 g/mol. The summed E-state index contributed by atoms with van der Waals surface area (Å²) in [6, 6.07) is 10.6. The minimum atomic E-state index is 0.250. The Hall–Kier alpha value is -0.710. The molecule has 1 unspecified atom stereocenters. The number of halogens is 2.